The summed E-state index contributed by atoms with van der Waals surface area (Å²) in [5, 5.41) is 22.2. The number of carbonyl (C=O) groups is 1. The molecule has 0 spiro atoms. The van der Waals surface area contributed by atoms with Crippen molar-refractivity contribution in [2.75, 3.05) is 46.3 Å². The second kappa shape index (κ2) is 11.9. The fraction of sp³-hybridized carbons (Fsp3) is 0.448. The van der Waals surface area contributed by atoms with Gasteiger partial charge in [0.2, 0.25) is 17.4 Å². The lowest BCUT2D eigenvalue weighted by Gasteiger charge is -2.36. The van der Waals surface area contributed by atoms with Gasteiger partial charge in [-0.05, 0) is 44.0 Å². The second-order valence-corrected chi connectivity index (χ2v) is 12.1. The molecule has 0 radical (unpaired) electrons. The van der Waals surface area contributed by atoms with E-state index in [2.05, 4.69) is 14.9 Å². The number of likely N-dealkylation sites (N-methyl/N-ethyl adjacent to an activating group) is 1. The minimum absolute atomic E-state index is 0.0397. The Morgan fingerprint density at radius 3 is 2.62 bits per heavy atom. The standard InChI is InChI=1S/C29H34FN7O4S/c1-33-9-11-35(12-10-33)27(40)22-16-20(30)6-5-19(22)15-21-17-31-26(42-21)24-25(39)28(41)37-14-13-36(29(37)32-24)18-23(38)34-7-3-2-4-8-34/h5-6,13-14,16-17,27,39-40H,2-4,7-12,15,18H2,1H3. The van der Waals surface area contributed by atoms with Crippen LogP contribution in [0.1, 0.15) is 41.5 Å². The Morgan fingerprint density at radius 2 is 1.86 bits per heavy atom. The van der Waals surface area contributed by atoms with Crippen molar-refractivity contribution in [3.8, 4) is 16.5 Å². The van der Waals surface area contributed by atoms with Crippen LogP contribution in [-0.4, -0.2) is 96.1 Å². The van der Waals surface area contributed by atoms with Crippen LogP contribution < -0.4 is 5.56 Å². The number of hydrogen-bond donors (Lipinski definition) is 2. The smallest absolute Gasteiger partial charge is 0.302 e. The maximum atomic E-state index is 14.3. The minimum Gasteiger partial charge on any atom is -0.501 e. The number of piperidine rings is 1. The molecule has 42 heavy (non-hydrogen) atoms. The lowest BCUT2D eigenvalue weighted by Crippen LogP contribution is -2.46. The van der Waals surface area contributed by atoms with Gasteiger partial charge in [-0.15, -0.1) is 11.3 Å². The van der Waals surface area contributed by atoms with Crippen molar-refractivity contribution in [1.82, 2.24) is 33.6 Å². The van der Waals surface area contributed by atoms with E-state index >= 15 is 0 Å². The monoisotopic (exact) mass is 595 g/mol. The van der Waals surface area contributed by atoms with E-state index in [0.29, 0.717) is 30.1 Å². The summed E-state index contributed by atoms with van der Waals surface area (Å²) in [7, 11) is 2.03. The molecule has 4 aromatic rings. The van der Waals surface area contributed by atoms with Crippen LogP contribution in [0, 0.1) is 5.82 Å². The highest BCUT2D eigenvalue weighted by Gasteiger charge is 2.25. The molecule has 2 aliphatic rings. The van der Waals surface area contributed by atoms with Crippen LogP contribution in [0.25, 0.3) is 16.5 Å². The van der Waals surface area contributed by atoms with Crippen LogP contribution in [0.5, 0.6) is 5.75 Å². The topological polar surface area (TPSA) is 119 Å². The number of rotatable bonds is 7. The van der Waals surface area contributed by atoms with Gasteiger partial charge in [0.05, 0.1) is 0 Å². The number of benzene rings is 1. The number of aromatic nitrogens is 4. The van der Waals surface area contributed by atoms with Gasteiger partial charge < -0.3 is 24.6 Å². The summed E-state index contributed by atoms with van der Waals surface area (Å²) in [4.78, 5) is 41.6. The molecule has 1 amide bonds. The Labute approximate surface area is 246 Å². The van der Waals surface area contributed by atoms with Crippen molar-refractivity contribution in [1.29, 1.82) is 0 Å². The van der Waals surface area contributed by atoms with Crippen molar-refractivity contribution < 1.29 is 19.4 Å². The number of nitrogens with zero attached hydrogens (tertiary/aromatic N) is 7. The first-order valence-electron chi connectivity index (χ1n) is 14.2. The van der Waals surface area contributed by atoms with Gasteiger partial charge in [0.1, 0.15) is 23.6 Å². The number of hydrogen-bond acceptors (Lipinski definition) is 9. The number of aromatic hydroxyl groups is 1. The molecule has 5 heterocycles. The van der Waals surface area contributed by atoms with Gasteiger partial charge in [0, 0.05) is 74.7 Å². The number of aliphatic hydroxyl groups excluding tert-OH is 1. The highest BCUT2D eigenvalue weighted by molar-refractivity contribution is 7.15. The first-order valence-corrected chi connectivity index (χ1v) is 15.0. The number of fused-ring (bicyclic) bond motifs is 1. The zero-order chi connectivity index (χ0) is 29.4. The molecule has 11 nitrogen and oxygen atoms in total. The molecule has 6 rings (SSSR count). The van der Waals surface area contributed by atoms with Crippen molar-refractivity contribution in [2.45, 2.75) is 38.5 Å². The fourth-order valence-corrected chi connectivity index (χ4v) is 6.57. The Kier molecular flexibility index (Phi) is 8.08. The average molecular weight is 596 g/mol. The van der Waals surface area contributed by atoms with E-state index in [9.17, 15) is 24.2 Å². The molecule has 2 aliphatic heterocycles. The molecule has 2 fully saturated rings. The summed E-state index contributed by atoms with van der Waals surface area (Å²) >= 11 is 1.26. The molecule has 0 aliphatic carbocycles. The third-order valence-electron chi connectivity index (χ3n) is 8.13. The first-order chi connectivity index (χ1) is 20.3. The van der Waals surface area contributed by atoms with Gasteiger partial charge >= 0.3 is 5.56 Å². The average Bonchev–Trinajstić information content (AvgIpc) is 3.63. The number of halogens is 1. The Balaban J connectivity index is 1.26. The number of imidazole rings is 1. The summed E-state index contributed by atoms with van der Waals surface area (Å²) in [6.45, 7) is 4.47. The van der Waals surface area contributed by atoms with Gasteiger partial charge in [0.25, 0.3) is 0 Å². The molecule has 1 aromatic carbocycles. The molecule has 1 atom stereocenters. The van der Waals surface area contributed by atoms with Crippen LogP contribution in [0.15, 0.2) is 41.6 Å². The van der Waals surface area contributed by atoms with Crippen LogP contribution in [0.4, 0.5) is 4.39 Å². The molecular weight excluding hydrogens is 561 g/mol. The highest BCUT2D eigenvalue weighted by Crippen LogP contribution is 2.32. The lowest BCUT2D eigenvalue weighted by atomic mass is 10.0. The van der Waals surface area contributed by atoms with E-state index in [0.717, 1.165) is 55.9 Å². The SMILES string of the molecule is CN1CCN(C(O)c2cc(F)ccc2Cc2cnc(-c3nc4n(CC(=O)N5CCCCC5)ccn4c(=O)c3O)s2)CC1. The summed E-state index contributed by atoms with van der Waals surface area (Å²) in [5.41, 5.74) is 0.660. The normalized spacial score (nSPS) is 17.6. The molecule has 3 aromatic heterocycles. The fourth-order valence-electron chi connectivity index (χ4n) is 5.64. The van der Waals surface area contributed by atoms with Gasteiger partial charge in [0.15, 0.2) is 5.69 Å². The van der Waals surface area contributed by atoms with E-state index in [1.165, 1.54) is 34.1 Å². The summed E-state index contributed by atoms with van der Waals surface area (Å²) in [6.07, 6.45) is 7.26. The minimum atomic E-state index is -0.939. The zero-order valence-electron chi connectivity index (χ0n) is 23.4. The van der Waals surface area contributed by atoms with Gasteiger partial charge in [-0.25, -0.2) is 18.8 Å². The summed E-state index contributed by atoms with van der Waals surface area (Å²) < 4.78 is 17.1. The van der Waals surface area contributed by atoms with Gasteiger partial charge in [-0.3, -0.25) is 14.5 Å². The molecule has 1 unspecified atom stereocenters. The predicted octanol–water partition coefficient (Wildman–Crippen LogP) is 2.31. The van der Waals surface area contributed by atoms with Crippen molar-refractivity contribution >= 4 is 23.0 Å². The van der Waals surface area contributed by atoms with Crippen LogP contribution in [0.3, 0.4) is 0 Å². The number of piperazine rings is 1. The largest absolute Gasteiger partial charge is 0.501 e. The lowest BCUT2D eigenvalue weighted by molar-refractivity contribution is -0.132. The van der Waals surface area contributed by atoms with Crippen molar-refractivity contribution in [3.63, 3.8) is 0 Å². The number of carbonyl (C=O) groups excluding carboxylic acids is 1. The first kappa shape index (κ1) is 28.5. The molecule has 0 bridgehead atoms. The highest BCUT2D eigenvalue weighted by atomic mass is 32.1. The molecule has 13 heteroatoms. The van der Waals surface area contributed by atoms with Crippen LogP contribution >= 0.6 is 11.3 Å². The molecule has 2 N–H and O–H groups in total. The molecular formula is C29H34FN7O4S. The predicted molar refractivity (Wildman–Crippen MR) is 156 cm³/mol. The van der Waals surface area contributed by atoms with E-state index in [-0.39, 0.29) is 23.9 Å². The maximum absolute atomic E-state index is 14.3. The number of aliphatic hydroxyl groups is 1. The second-order valence-electron chi connectivity index (χ2n) is 11.0. The zero-order valence-corrected chi connectivity index (χ0v) is 24.3. The van der Waals surface area contributed by atoms with E-state index in [1.54, 1.807) is 23.0 Å². The van der Waals surface area contributed by atoms with E-state index in [1.807, 2.05) is 16.8 Å². The summed E-state index contributed by atoms with van der Waals surface area (Å²) in [6, 6.07) is 4.42. The van der Waals surface area contributed by atoms with E-state index < -0.39 is 23.4 Å². The quantitative estimate of drug-likeness (QED) is 0.334. The third kappa shape index (κ3) is 5.69. The van der Waals surface area contributed by atoms with Crippen LogP contribution in [-0.2, 0) is 17.8 Å². The molecule has 2 saturated heterocycles. The maximum Gasteiger partial charge on any atom is 0.302 e. The number of thiazole rings is 1. The molecule has 0 saturated carbocycles. The Morgan fingerprint density at radius 1 is 1.10 bits per heavy atom. The Hall–Kier alpha value is -3.65. The molecule has 222 valence electrons. The Bertz CT molecular complexity index is 1650. The van der Waals surface area contributed by atoms with E-state index in [4.69, 9.17) is 0 Å². The van der Waals surface area contributed by atoms with Crippen molar-refractivity contribution in [3.05, 3.63) is 69.0 Å². The van der Waals surface area contributed by atoms with Crippen molar-refractivity contribution in [2.24, 2.45) is 0 Å². The van der Waals surface area contributed by atoms with Gasteiger partial charge in [-0.1, -0.05) is 6.07 Å². The van der Waals surface area contributed by atoms with Gasteiger partial charge in [-0.2, -0.15) is 0 Å². The summed E-state index contributed by atoms with van der Waals surface area (Å²) in [5.74, 6) is -0.744. The number of likely N-dealkylation sites (tertiary alicyclic amines) is 1. The number of amides is 1. The third-order valence-corrected chi connectivity index (χ3v) is 9.13. The van der Waals surface area contributed by atoms with Crippen LogP contribution in [0.2, 0.25) is 0 Å².